The Bertz CT molecular complexity index is 1240. The Morgan fingerprint density at radius 3 is 2.76 bits per heavy atom. The average Bonchev–Trinajstić information content (AvgIpc) is 2.79. The summed E-state index contributed by atoms with van der Waals surface area (Å²) in [5, 5.41) is 4.02. The number of hydrogen-bond acceptors (Lipinski definition) is 6. The van der Waals surface area contributed by atoms with E-state index in [1.165, 1.54) is 7.11 Å². The van der Waals surface area contributed by atoms with Crippen molar-refractivity contribution in [2.45, 2.75) is 32.9 Å². The Morgan fingerprint density at radius 1 is 1.24 bits per heavy atom. The summed E-state index contributed by atoms with van der Waals surface area (Å²) in [5.74, 6) is -0.579. The van der Waals surface area contributed by atoms with Gasteiger partial charge in [-0.1, -0.05) is 29.8 Å². The number of carbonyl (C=O) groups excluding carboxylic acids is 2. The summed E-state index contributed by atoms with van der Waals surface area (Å²) in [6.07, 6.45) is -0.273. The third-order valence-electron chi connectivity index (χ3n) is 5.83. The van der Waals surface area contributed by atoms with E-state index in [2.05, 4.69) is 10.2 Å². The number of nitrogens with one attached hydrogen (secondary N) is 1. The van der Waals surface area contributed by atoms with Gasteiger partial charge in [-0.15, -0.1) is 0 Å². The summed E-state index contributed by atoms with van der Waals surface area (Å²) in [6.45, 7) is 4.84. The number of anilines is 1. The van der Waals surface area contributed by atoms with Gasteiger partial charge in [0.05, 0.1) is 23.9 Å². The first-order valence-corrected chi connectivity index (χ1v) is 11.1. The van der Waals surface area contributed by atoms with E-state index in [1.807, 2.05) is 38.2 Å². The van der Waals surface area contributed by atoms with Crippen LogP contribution in [0.1, 0.15) is 34.1 Å². The predicted octanol–water partition coefficient (Wildman–Crippen LogP) is 4.38. The van der Waals surface area contributed by atoms with Gasteiger partial charge in [-0.25, -0.2) is 4.79 Å². The largest absolute Gasteiger partial charge is 0.495 e. The molecular formula is C25H26ClN3O4. The highest BCUT2D eigenvalue weighted by atomic mass is 35.5. The van der Waals surface area contributed by atoms with Crippen LogP contribution in [0.15, 0.2) is 36.4 Å². The van der Waals surface area contributed by atoms with Crippen molar-refractivity contribution in [3.8, 4) is 5.75 Å². The van der Waals surface area contributed by atoms with Gasteiger partial charge in [-0.05, 0) is 38.6 Å². The number of nitrogens with zero attached hydrogens (tertiary/aromatic N) is 2. The molecule has 4 rings (SSSR count). The maximum Gasteiger partial charge on any atom is 0.339 e. The van der Waals surface area contributed by atoms with Gasteiger partial charge in [0.1, 0.15) is 5.75 Å². The molecule has 0 spiro atoms. The van der Waals surface area contributed by atoms with Crippen LogP contribution in [-0.2, 0) is 22.5 Å². The summed E-state index contributed by atoms with van der Waals surface area (Å²) >= 11 is 6.15. The topological polar surface area (TPSA) is 80.8 Å². The second-order valence-electron chi connectivity index (χ2n) is 8.26. The number of aromatic nitrogens is 1. The molecule has 1 aromatic heterocycles. The zero-order valence-electron chi connectivity index (χ0n) is 19.1. The Labute approximate surface area is 197 Å². The number of carbonyl (C=O) groups is 2. The quantitative estimate of drug-likeness (QED) is 0.561. The molecule has 33 heavy (non-hydrogen) atoms. The molecule has 0 bridgehead atoms. The van der Waals surface area contributed by atoms with Gasteiger partial charge in [-0.2, -0.15) is 0 Å². The normalized spacial score (nSPS) is 14.5. The zero-order valence-corrected chi connectivity index (χ0v) is 19.8. The van der Waals surface area contributed by atoms with E-state index in [-0.39, 0.29) is 0 Å². The smallest absolute Gasteiger partial charge is 0.339 e. The maximum atomic E-state index is 13.3. The third-order valence-corrected chi connectivity index (χ3v) is 6.24. The van der Waals surface area contributed by atoms with Gasteiger partial charge in [0.15, 0.2) is 6.10 Å². The number of para-hydroxylation sites is 1. The van der Waals surface area contributed by atoms with Crippen LogP contribution in [0.3, 0.4) is 0 Å². The second kappa shape index (κ2) is 9.37. The van der Waals surface area contributed by atoms with Crippen molar-refractivity contribution in [2.75, 3.05) is 26.0 Å². The van der Waals surface area contributed by atoms with Gasteiger partial charge >= 0.3 is 5.97 Å². The fraction of sp³-hybridized carbons (Fsp3) is 0.320. The van der Waals surface area contributed by atoms with Crippen LogP contribution in [0.4, 0.5) is 5.69 Å². The SMILES string of the molecule is COc1cc(Cl)c(C)cc1NC(=O)C(C)OC(=O)c1c2c(nc3ccccc13)CCN(C)C2. The van der Waals surface area contributed by atoms with Crippen molar-refractivity contribution < 1.29 is 19.1 Å². The van der Waals surface area contributed by atoms with Crippen LogP contribution >= 0.6 is 11.6 Å². The lowest BCUT2D eigenvalue weighted by atomic mass is 9.96. The summed E-state index contributed by atoms with van der Waals surface area (Å²) in [5.41, 5.74) is 4.22. The van der Waals surface area contributed by atoms with Crippen molar-refractivity contribution in [2.24, 2.45) is 0 Å². The van der Waals surface area contributed by atoms with Crippen LogP contribution in [0, 0.1) is 6.92 Å². The Balaban J connectivity index is 1.61. The number of amides is 1. The molecule has 2 aromatic carbocycles. The van der Waals surface area contributed by atoms with E-state index in [9.17, 15) is 9.59 Å². The molecule has 1 amide bonds. The van der Waals surface area contributed by atoms with E-state index in [1.54, 1.807) is 19.1 Å². The molecule has 7 nitrogen and oxygen atoms in total. The van der Waals surface area contributed by atoms with E-state index < -0.39 is 18.0 Å². The minimum atomic E-state index is -1.03. The van der Waals surface area contributed by atoms with Gasteiger partial charge in [0, 0.05) is 47.2 Å². The molecule has 1 unspecified atom stereocenters. The standard InChI is InChI=1S/C25H26ClN3O4/c1-14-11-21(22(32-4)12-18(14)26)28-24(30)15(2)33-25(31)23-16-7-5-6-8-19(16)27-20-9-10-29(3)13-17(20)23/h5-8,11-12,15H,9-10,13H2,1-4H3,(H,28,30). The van der Waals surface area contributed by atoms with Crippen LogP contribution < -0.4 is 10.1 Å². The Kier molecular flexibility index (Phi) is 6.54. The molecule has 172 valence electrons. The number of methoxy groups -OCH3 is 1. The summed E-state index contributed by atoms with van der Waals surface area (Å²) in [7, 11) is 3.50. The van der Waals surface area contributed by atoms with Crippen LogP contribution in [0.25, 0.3) is 10.9 Å². The number of ether oxygens (including phenoxy) is 2. The van der Waals surface area contributed by atoms with Gasteiger partial charge in [0.2, 0.25) is 0 Å². The number of aryl methyl sites for hydroxylation is 1. The van der Waals surface area contributed by atoms with E-state index in [0.29, 0.717) is 28.6 Å². The summed E-state index contributed by atoms with van der Waals surface area (Å²) in [4.78, 5) is 33.1. The number of likely N-dealkylation sites (N-methyl/N-ethyl adjacent to an activating group) is 1. The molecule has 0 fully saturated rings. The minimum absolute atomic E-state index is 0.426. The van der Waals surface area contributed by atoms with Gasteiger partial charge in [-0.3, -0.25) is 9.78 Å². The van der Waals surface area contributed by atoms with E-state index in [0.717, 1.165) is 40.7 Å². The average molecular weight is 468 g/mol. The molecule has 0 radical (unpaired) electrons. The molecule has 0 saturated heterocycles. The Hall–Kier alpha value is -3.16. The fourth-order valence-electron chi connectivity index (χ4n) is 4.00. The second-order valence-corrected chi connectivity index (χ2v) is 8.66. The lowest BCUT2D eigenvalue weighted by Gasteiger charge is -2.27. The molecule has 1 atom stereocenters. The molecule has 8 heteroatoms. The molecule has 1 aliphatic rings. The molecule has 0 aliphatic carbocycles. The lowest BCUT2D eigenvalue weighted by Crippen LogP contribution is -2.32. The number of pyridine rings is 1. The first-order valence-electron chi connectivity index (χ1n) is 10.7. The number of fused-ring (bicyclic) bond motifs is 2. The molecule has 1 aliphatic heterocycles. The number of hydrogen-bond donors (Lipinski definition) is 1. The van der Waals surface area contributed by atoms with Crippen LogP contribution in [-0.4, -0.2) is 48.6 Å². The van der Waals surface area contributed by atoms with Crippen molar-refractivity contribution in [1.29, 1.82) is 0 Å². The molecule has 1 N–H and O–H groups in total. The first kappa shape index (κ1) is 23.0. The first-order chi connectivity index (χ1) is 15.8. The highest BCUT2D eigenvalue weighted by Crippen LogP contribution is 2.32. The number of rotatable bonds is 5. The van der Waals surface area contributed by atoms with Crippen molar-refractivity contribution in [3.63, 3.8) is 0 Å². The minimum Gasteiger partial charge on any atom is -0.495 e. The fourth-order valence-corrected chi connectivity index (χ4v) is 4.15. The summed E-state index contributed by atoms with van der Waals surface area (Å²) < 4.78 is 11.0. The molecule has 2 heterocycles. The number of esters is 1. The highest BCUT2D eigenvalue weighted by Gasteiger charge is 2.28. The van der Waals surface area contributed by atoms with E-state index >= 15 is 0 Å². The molecule has 0 saturated carbocycles. The predicted molar refractivity (Wildman–Crippen MR) is 128 cm³/mol. The van der Waals surface area contributed by atoms with Gasteiger partial charge in [0.25, 0.3) is 5.91 Å². The molecule has 3 aromatic rings. The lowest BCUT2D eigenvalue weighted by molar-refractivity contribution is -0.123. The maximum absolute atomic E-state index is 13.3. The van der Waals surface area contributed by atoms with Crippen molar-refractivity contribution >= 4 is 40.1 Å². The number of benzene rings is 2. The zero-order chi connectivity index (χ0) is 23.7. The third kappa shape index (κ3) is 4.65. The van der Waals surface area contributed by atoms with Gasteiger partial charge < -0.3 is 19.7 Å². The number of halogens is 1. The van der Waals surface area contributed by atoms with Crippen molar-refractivity contribution in [1.82, 2.24) is 9.88 Å². The van der Waals surface area contributed by atoms with E-state index in [4.69, 9.17) is 26.1 Å². The Morgan fingerprint density at radius 2 is 2.00 bits per heavy atom. The van der Waals surface area contributed by atoms with Crippen molar-refractivity contribution in [3.05, 3.63) is 63.8 Å². The van der Waals surface area contributed by atoms with Crippen LogP contribution in [0.2, 0.25) is 5.02 Å². The molecular weight excluding hydrogens is 442 g/mol. The monoisotopic (exact) mass is 467 g/mol. The summed E-state index contributed by atoms with van der Waals surface area (Å²) in [6, 6.07) is 10.9. The highest BCUT2D eigenvalue weighted by molar-refractivity contribution is 6.31. The van der Waals surface area contributed by atoms with Crippen LogP contribution in [0.5, 0.6) is 5.75 Å².